The van der Waals surface area contributed by atoms with Crippen molar-refractivity contribution in [3.63, 3.8) is 0 Å². The molecule has 1 amide bonds. The zero-order valence-electron chi connectivity index (χ0n) is 11.2. The summed E-state index contributed by atoms with van der Waals surface area (Å²) in [5.74, 6) is -0.184. The minimum absolute atomic E-state index is 0.184. The van der Waals surface area contributed by atoms with Gasteiger partial charge in [0.1, 0.15) is 0 Å². The molecule has 0 aromatic carbocycles. The molecule has 1 N–H and O–H groups in total. The molecular formula is C12H13N3O3S3. The van der Waals surface area contributed by atoms with Gasteiger partial charge in [0.2, 0.25) is 10.0 Å². The van der Waals surface area contributed by atoms with Gasteiger partial charge in [0.15, 0.2) is 5.13 Å². The molecule has 0 saturated carbocycles. The number of hydrogen-bond donors (Lipinski definition) is 1. The fraction of sp³-hybridized carbons (Fsp3) is 0.333. The van der Waals surface area contributed by atoms with Crippen molar-refractivity contribution in [3.05, 3.63) is 33.0 Å². The minimum Gasteiger partial charge on any atom is -0.297 e. The molecule has 112 valence electrons. The van der Waals surface area contributed by atoms with Crippen LogP contribution >= 0.6 is 22.7 Å². The smallest absolute Gasteiger partial charge is 0.267 e. The highest BCUT2D eigenvalue weighted by Gasteiger charge is 2.26. The summed E-state index contributed by atoms with van der Waals surface area (Å²) in [6, 6.07) is 3.56. The fourth-order valence-electron chi connectivity index (χ4n) is 2.08. The van der Waals surface area contributed by atoms with E-state index in [2.05, 4.69) is 10.3 Å². The van der Waals surface area contributed by atoms with Crippen LogP contribution in [0.2, 0.25) is 0 Å². The van der Waals surface area contributed by atoms with Crippen LogP contribution in [0.1, 0.15) is 20.2 Å². The molecule has 1 aliphatic heterocycles. The molecule has 0 fully saturated rings. The third kappa shape index (κ3) is 3.15. The van der Waals surface area contributed by atoms with Crippen molar-refractivity contribution in [3.8, 4) is 0 Å². The molecular weight excluding hydrogens is 330 g/mol. The number of nitrogens with one attached hydrogen (secondary N) is 1. The van der Waals surface area contributed by atoms with Crippen molar-refractivity contribution in [2.75, 3.05) is 18.1 Å². The standard InChI is InChI=1S/C12H13N3O3S3/c1-21(17,18)15-5-4-8-10(7-15)20-12(13-8)14-11(16)9-3-2-6-19-9/h2-3,6H,4-5,7H2,1H3,(H,13,14,16). The lowest BCUT2D eigenvalue weighted by Gasteiger charge is -2.23. The summed E-state index contributed by atoms with van der Waals surface area (Å²) in [5, 5.41) is 5.13. The number of hydrogen-bond acceptors (Lipinski definition) is 6. The highest BCUT2D eigenvalue weighted by atomic mass is 32.2. The molecule has 1 aliphatic rings. The minimum atomic E-state index is -3.19. The van der Waals surface area contributed by atoms with E-state index in [-0.39, 0.29) is 5.91 Å². The molecule has 3 heterocycles. The molecule has 9 heteroatoms. The first kappa shape index (κ1) is 14.6. The Bertz CT molecular complexity index is 765. The predicted octanol–water partition coefficient (Wildman–Crippen LogP) is 1.77. The van der Waals surface area contributed by atoms with Crippen molar-refractivity contribution in [1.82, 2.24) is 9.29 Å². The van der Waals surface area contributed by atoms with Crippen LogP contribution in [0.4, 0.5) is 5.13 Å². The Morgan fingerprint density at radius 2 is 2.29 bits per heavy atom. The number of amides is 1. The van der Waals surface area contributed by atoms with Gasteiger partial charge >= 0.3 is 0 Å². The summed E-state index contributed by atoms with van der Waals surface area (Å²) in [6.07, 6.45) is 1.78. The first-order valence-corrected chi connectivity index (χ1v) is 9.76. The summed E-state index contributed by atoms with van der Waals surface area (Å²) in [4.78, 5) is 17.9. The molecule has 0 unspecified atom stereocenters. The van der Waals surface area contributed by atoms with Gasteiger partial charge in [-0.1, -0.05) is 6.07 Å². The maximum absolute atomic E-state index is 12.0. The molecule has 6 nitrogen and oxygen atoms in total. The van der Waals surface area contributed by atoms with Gasteiger partial charge in [0, 0.05) is 24.4 Å². The average molecular weight is 343 g/mol. The Labute approximate surface area is 130 Å². The van der Waals surface area contributed by atoms with Gasteiger partial charge in [-0.2, -0.15) is 4.31 Å². The van der Waals surface area contributed by atoms with Crippen LogP contribution in [0.5, 0.6) is 0 Å². The quantitative estimate of drug-likeness (QED) is 0.921. The number of anilines is 1. The van der Waals surface area contributed by atoms with Gasteiger partial charge in [-0.3, -0.25) is 10.1 Å². The number of fused-ring (bicyclic) bond motifs is 1. The SMILES string of the molecule is CS(=O)(=O)N1CCc2nc(NC(=O)c3cccs3)sc2C1. The Morgan fingerprint density at radius 3 is 2.95 bits per heavy atom. The number of sulfonamides is 1. The lowest BCUT2D eigenvalue weighted by molar-refractivity contribution is 0.103. The zero-order chi connectivity index (χ0) is 15.0. The van der Waals surface area contributed by atoms with Crippen molar-refractivity contribution >= 4 is 43.7 Å². The third-order valence-electron chi connectivity index (χ3n) is 3.13. The number of carbonyl (C=O) groups is 1. The second-order valence-corrected chi connectivity index (χ2v) is 8.68. The van der Waals surface area contributed by atoms with E-state index >= 15 is 0 Å². The number of rotatable bonds is 3. The monoisotopic (exact) mass is 343 g/mol. The van der Waals surface area contributed by atoms with E-state index in [0.717, 1.165) is 10.6 Å². The van der Waals surface area contributed by atoms with E-state index in [1.54, 1.807) is 6.07 Å². The number of nitrogens with zero attached hydrogens (tertiary/aromatic N) is 2. The van der Waals surface area contributed by atoms with Crippen LogP contribution in [-0.2, 0) is 23.0 Å². The molecule has 0 radical (unpaired) electrons. The van der Waals surface area contributed by atoms with Crippen LogP contribution in [0.3, 0.4) is 0 Å². The van der Waals surface area contributed by atoms with Crippen LogP contribution in [0.15, 0.2) is 17.5 Å². The molecule has 0 aliphatic carbocycles. The van der Waals surface area contributed by atoms with Crippen molar-refractivity contribution in [2.45, 2.75) is 13.0 Å². The summed E-state index contributed by atoms with van der Waals surface area (Å²) < 4.78 is 24.6. The summed E-state index contributed by atoms with van der Waals surface area (Å²) in [7, 11) is -3.19. The van der Waals surface area contributed by atoms with Gasteiger partial charge < -0.3 is 0 Å². The zero-order valence-corrected chi connectivity index (χ0v) is 13.6. The Morgan fingerprint density at radius 1 is 1.48 bits per heavy atom. The average Bonchev–Trinajstić information content (AvgIpc) is 3.05. The van der Waals surface area contributed by atoms with E-state index in [1.165, 1.54) is 33.2 Å². The highest BCUT2D eigenvalue weighted by Crippen LogP contribution is 2.29. The maximum atomic E-state index is 12.0. The Hall–Kier alpha value is -1.29. The normalized spacial score (nSPS) is 15.7. The Kier molecular flexibility index (Phi) is 3.82. The van der Waals surface area contributed by atoms with Crippen LogP contribution in [0.25, 0.3) is 0 Å². The molecule has 0 saturated heterocycles. The number of thiophene rings is 1. The lowest BCUT2D eigenvalue weighted by atomic mass is 10.2. The molecule has 0 bridgehead atoms. The van der Waals surface area contributed by atoms with Crippen molar-refractivity contribution < 1.29 is 13.2 Å². The largest absolute Gasteiger partial charge is 0.297 e. The van der Waals surface area contributed by atoms with Gasteiger partial charge in [0.05, 0.1) is 16.8 Å². The van der Waals surface area contributed by atoms with Gasteiger partial charge in [-0.15, -0.1) is 22.7 Å². The maximum Gasteiger partial charge on any atom is 0.267 e. The molecule has 21 heavy (non-hydrogen) atoms. The first-order chi connectivity index (χ1) is 9.93. The first-order valence-electron chi connectivity index (χ1n) is 6.22. The van der Waals surface area contributed by atoms with Crippen LogP contribution in [-0.4, -0.2) is 36.4 Å². The van der Waals surface area contributed by atoms with Gasteiger partial charge in [0.25, 0.3) is 5.91 Å². The lowest BCUT2D eigenvalue weighted by Crippen LogP contribution is -2.34. The predicted molar refractivity (Wildman–Crippen MR) is 83.3 cm³/mol. The number of thiazole rings is 1. The van der Waals surface area contributed by atoms with Crippen molar-refractivity contribution in [1.29, 1.82) is 0 Å². The summed E-state index contributed by atoms with van der Waals surface area (Å²) in [5.41, 5.74) is 0.876. The fourth-order valence-corrected chi connectivity index (χ4v) is 4.58. The number of carbonyl (C=O) groups excluding carboxylic acids is 1. The topological polar surface area (TPSA) is 79.4 Å². The van der Waals surface area contributed by atoms with E-state index in [0.29, 0.717) is 29.5 Å². The molecule has 0 spiro atoms. The molecule has 2 aromatic rings. The molecule has 0 atom stereocenters. The second kappa shape index (κ2) is 5.48. The highest BCUT2D eigenvalue weighted by molar-refractivity contribution is 7.88. The van der Waals surface area contributed by atoms with E-state index in [4.69, 9.17) is 0 Å². The Balaban J connectivity index is 1.76. The van der Waals surface area contributed by atoms with Crippen molar-refractivity contribution in [2.24, 2.45) is 0 Å². The molecule has 2 aromatic heterocycles. The third-order valence-corrected chi connectivity index (χ3v) is 6.25. The van der Waals surface area contributed by atoms with E-state index in [9.17, 15) is 13.2 Å². The van der Waals surface area contributed by atoms with Crippen LogP contribution in [0, 0.1) is 0 Å². The second-order valence-electron chi connectivity index (χ2n) is 4.67. The number of aromatic nitrogens is 1. The summed E-state index contributed by atoms with van der Waals surface area (Å²) in [6.45, 7) is 0.772. The summed E-state index contributed by atoms with van der Waals surface area (Å²) >= 11 is 2.70. The van der Waals surface area contributed by atoms with Crippen LogP contribution < -0.4 is 5.32 Å². The van der Waals surface area contributed by atoms with E-state index < -0.39 is 10.0 Å². The van der Waals surface area contributed by atoms with Gasteiger partial charge in [-0.05, 0) is 11.4 Å². The van der Waals surface area contributed by atoms with Gasteiger partial charge in [-0.25, -0.2) is 13.4 Å². The van der Waals surface area contributed by atoms with E-state index in [1.807, 2.05) is 11.4 Å². The molecule has 3 rings (SSSR count).